The van der Waals surface area contributed by atoms with Crippen LogP contribution in [0.5, 0.6) is 0 Å². The predicted molar refractivity (Wildman–Crippen MR) is 68.3 cm³/mol. The summed E-state index contributed by atoms with van der Waals surface area (Å²) in [6.45, 7) is 6.00. The first kappa shape index (κ1) is 13.4. The molecule has 1 N–H and O–H groups in total. The van der Waals surface area contributed by atoms with Gasteiger partial charge in [-0.2, -0.15) is 0 Å². The summed E-state index contributed by atoms with van der Waals surface area (Å²) in [5.41, 5.74) is 0.780. The molecule has 1 aliphatic heterocycles. The standard InChI is InChI=1S/C14H20F2N2/c1-11(18-6-2-3-7-18)9-17-10-12-4-5-13(15)14(16)8-12/h4-5,8,11,17H,2-3,6-7,9-10H2,1H3. The van der Waals surface area contributed by atoms with Crippen molar-refractivity contribution < 1.29 is 8.78 Å². The molecule has 0 radical (unpaired) electrons. The molecule has 0 bridgehead atoms. The second-order valence-electron chi connectivity index (χ2n) is 4.97. The van der Waals surface area contributed by atoms with Crippen molar-refractivity contribution in [2.75, 3.05) is 19.6 Å². The zero-order chi connectivity index (χ0) is 13.0. The normalized spacial score (nSPS) is 18.2. The summed E-state index contributed by atoms with van der Waals surface area (Å²) in [6, 6.07) is 4.54. The van der Waals surface area contributed by atoms with Crippen molar-refractivity contribution >= 4 is 0 Å². The first-order valence-corrected chi connectivity index (χ1v) is 6.55. The van der Waals surface area contributed by atoms with E-state index in [1.54, 1.807) is 6.07 Å². The van der Waals surface area contributed by atoms with Crippen molar-refractivity contribution in [2.45, 2.75) is 32.4 Å². The molecule has 1 fully saturated rings. The lowest BCUT2D eigenvalue weighted by atomic mass is 10.2. The molecule has 0 amide bonds. The van der Waals surface area contributed by atoms with Crippen LogP contribution in [0.3, 0.4) is 0 Å². The summed E-state index contributed by atoms with van der Waals surface area (Å²) in [5.74, 6) is -1.56. The van der Waals surface area contributed by atoms with Gasteiger partial charge in [-0.1, -0.05) is 6.07 Å². The highest BCUT2D eigenvalue weighted by Crippen LogP contribution is 2.11. The lowest BCUT2D eigenvalue weighted by molar-refractivity contribution is 0.251. The van der Waals surface area contributed by atoms with Crippen molar-refractivity contribution in [3.05, 3.63) is 35.4 Å². The third-order valence-electron chi connectivity index (χ3n) is 3.52. The number of nitrogens with zero attached hydrogens (tertiary/aromatic N) is 1. The fraction of sp³-hybridized carbons (Fsp3) is 0.571. The van der Waals surface area contributed by atoms with E-state index in [0.29, 0.717) is 12.6 Å². The Balaban J connectivity index is 1.75. The van der Waals surface area contributed by atoms with Gasteiger partial charge in [-0.3, -0.25) is 4.90 Å². The van der Waals surface area contributed by atoms with Gasteiger partial charge in [0.2, 0.25) is 0 Å². The Morgan fingerprint density at radius 3 is 2.61 bits per heavy atom. The van der Waals surface area contributed by atoms with Crippen molar-refractivity contribution in [1.82, 2.24) is 10.2 Å². The maximum atomic E-state index is 13.0. The van der Waals surface area contributed by atoms with E-state index in [9.17, 15) is 8.78 Å². The fourth-order valence-electron chi connectivity index (χ4n) is 2.39. The van der Waals surface area contributed by atoms with Gasteiger partial charge in [-0.15, -0.1) is 0 Å². The van der Waals surface area contributed by atoms with Crippen molar-refractivity contribution in [3.8, 4) is 0 Å². The number of hydrogen-bond acceptors (Lipinski definition) is 2. The molecule has 2 nitrogen and oxygen atoms in total. The van der Waals surface area contributed by atoms with Gasteiger partial charge in [0, 0.05) is 19.1 Å². The summed E-state index contributed by atoms with van der Waals surface area (Å²) in [7, 11) is 0. The molecule has 1 aromatic carbocycles. The van der Waals surface area contributed by atoms with E-state index in [0.717, 1.165) is 12.1 Å². The first-order valence-electron chi connectivity index (χ1n) is 6.55. The molecule has 1 heterocycles. The highest BCUT2D eigenvalue weighted by atomic mass is 19.2. The molecule has 1 unspecified atom stereocenters. The number of rotatable bonds is 5. The summed E-state index contributed by atoms with van der Waals surface area (Å²) in [6.07, 6.45) is 2.57. The van der Waals surface area contributed by atoms with Crippen LogP contribution in [-0.4, -0.2) is 30.6 Å². The minimum absolute atomic E-state index is 0.498. The Labute approximate surface area is 107 Å². The van der Waals surface area contributed by atoms with E-state index in [2.05, 4.69) is 17.1 Å². The summed E-state index contributed by atoms with van der Waals surface area (Å²) < 4.78 is 25.8. The van der Waals surface area contributed by atoms with Gasteiger partial charge in [0.15, 0.2) is 11.6 Å². The van der Waals surface area contributed by atoms with Gasteiger partial charge >= 0.3 is 0 Å². The molecule has 1 saturated heterocycles. The van der Waals surface area contributed by atoms with E-state index in [1.807, 2.05) is 0 Å². The average Bonchev–Trinajstić information content (AvgIpc) is 2.87. The SMILES string of the molecule is CC(CNCc1ccc(F)c(F)c1)N1CCCC1. The van der Waals surface area contributed by atoms with Crippen LogP contribution in [0, 0.1) is 11.6 Å². The molecule has 0 aromatic heterocycles. The van der Waals surface area contributed by atoms with Crippen LogP contribution in [0.1, 0.15) is 25.3 Å². The number of nitrogens with one attached hydrogen (secondary N) is 1. The third kappa shape index (κ3) is 3.50. The van der Waals surface area contributed by atoms with E-state index >= 15 is 0 Å². The van der Waals surface area contributed by atoms with Crippen LogP contribution < -0.4 is 5.32 Å². The lowest BCUT2D eigenvalue weighted by Gasteiger charge is -2.23. The van der Waals surface area contributed by atoms with Crippen LogP contribution in [0.2, 0.25) is 0 Å². The Morgan fingerprint density at radius 1 is 1.22 bits per heavy atom. The van der Waals surface area contributed by atoms with E-state index in [4.69, 9.17) is 0 Å². The molecular formula is C14H20F2N2. The van der Waals surface area contributed by atoms with Gasteiger partial charge in [-0.05, 0) is 50.6 Å². The van der Waals surface area contributed by atoms with Gasteiger partial charge < -0.3 is 5.32 Å². The highest BCUT2D eigenvalue weighted by Gasteiger charge is 2.17. The van der Waals surface area contributed by atoms with E-state index in [1.165, 1.54) is 38.1 Å². The van der Waals surface area contributed by atoms with Crippen molar-refractivity contribution in [1.29, 1.82) is 0 Å². The van der Waals surface area contributed by atoms with Crippen LogP contribution >= 0.6 is 0 Å². The summed E-state index contributed by atoms with van der Waals surface area (Å²) >= 11 is 0. The van der Waals surface area contributed by atoms with Gasteiger partial charge in [0.25, 0.3) is 0 Å². The molecule has 0 saturated carbocycles. The molecular weight excluding hydrogens is 234 g/mol. The maximum Gasteiger partial charge on any atom is 0.159 e. The quantitative estimate of drug-likeness (QED) is 0.868. The molecule has 4 heteroatoms. The fourth-order valence-corrected chi connectivity index (χ4v) is 2.39. The van der Waals surface area contributed by atoms with Crippen molar-refractivity contribution in [3.63, 3.8) is 0 Å². The summed E-state index contributed by atoms with van der Waals surface area (Å²) in [5, 5.41) is 3.29. The zero-order valence-corrected chi connectivity index (χ0v) is 10.8. The number of hydrogen-bond donors (Lipinski definition) is 1. The second-order valence-corrected chi connectivity index (χ2v) is 4.97. The Bertz CT molecular complexity index is 389. The Morgan fingerprint density at radius 2 is 1.94 bits per heavy atom. The monoisotopic (exact) mass is 254 g/mol. The highest BCUT2D eigenvalue weighted by molar-refractivity contribution is 5.17. The number of benzene rings is 1. The van der Waals surface area contributed by atoms with Crippen LogP contribution in [0.25, 0.3) is 0 Å². The molecule has 0 aliphatic carbocycles. The average molecular weight is 254 g/mol. The molecule has 100 valence electrons. The molecule has 1 aliphatic rings. The minimum Gasteiger partial charge on any atom is -0.311 e. The Kier molecular flexibility index (Phi) is 4.66. The van der Waals surface area contributed by atoms with Crippen molar-refractivity contribution in [2.24, 2.45) is 0 Å². The van der Waals surface area contributed by atoms with Crippen LogP contribution in [0.15, 0.2) is 18.2 Å². The second kappa shape index (κ2) is 6.25. The lowest BCUT2D eigenvalue weighted by Crippen LogP contribution is -2.38. The topological polar surface area (TPSA) is 15.3 Å². The maximum absolute atomic E-state index is 13.0. The zero-order valence-electron chi connectivity index (χ0n) is 10.8. The molecule has 2 rings (SSSR count). The molecule has 0 spiro atoms. The van der Waals surface area contributed by atoms with E-state index < -0.39 is 11.6 Å². The summed E-state index contributed by atoms with van der Waals surface area (Å²) in [4.78, 5) is 2.46. The number of halogens is 2. The Hall–Kier alpha value is -1.00. The molecule has 1 aromatic rings. The largest absolute Gasteiger partial charge is 0.311 e. The molecule has 18 heavy (non-hydrogen) atoms. The van der Waals surface area contributed by atoms with Gasteiger partial charge in [0.05, 0.1) is 0 Å². The predicted octanol–water partition coefficient (Wildman–Crippen LogP) is 2.54. The molecule has 1 atom stereocenters. The van der Waals surface area contributed by atoms with E-state index in [-0.39, 0.29) is 0 Å². The van der Waals surface area contributed by atoms with Crippen LogP contribution in [-0.2, 0) is 6.54 Å². The smallest absolute Gasteiger partial charge is 0.159 e. The van der Waals surface area contributed by atoms with Crippen LogP contribution in [0.4, 0.5) is 8.78 Å². The van der Waals surface area contributed by atoms with Gasteiger partial charge in [0.1, 0.15) is 0 Å². The first-order chi connectivity index (χ1) is 8.66. The number of likely N-dealkylation sites (tertiary alicyclic amines) is 1. The third-order valence-corrected chi connectivity index (χ3v) is 3.52. The minimum atomic E-state index is -0.788. The van der Waals surface area contributed by atoms with Gasteiger partial charge in [-0.25, -0.2) is 8.78 Å².